The lowest BCUT2D eigenvalue weighted by Gasteiger charge is -2.33. The van der Waals surface area contributed by atoms with Crippen LogP contribution in [-0.4, -0.2) is 41.0 Å². The zero-order chi connectivity index (χ0) is 15.5. The quantitative estimate of drug-likeness (QED) is 0.936. The van der Waals surface area contributed by atoms with Crippen molar-refractivity contribution in [3.63, 3.8) is 0 Å². The van der Waals surface area contributed by atoms with Gasteiger partial charge < -0.3 is 10.2 Å². The molecule has 116 valence electrons. The van der Waals surface area contributed by atoms with E-state index in [1.54, 1.807) is 6.33 Å². The average Bonchev–Trinajstić information content (AvgIpc) is 2.55. The number of aromatic nitrogens is 2. The number of rotatable bonds is 4. The maximum Gasteiger partial charge on any atom is 0.137 e. The summed E-state index contributed by atoms with van der Waals surface area (Å²) in [5, 5.41) is 4.71. The van der Waals surface area contributed by atoms with Crippen molar-refractivity contribution in [1.82, 2.24) is 14.9 Å². The lowest BCUT2D eigenvalue weighted by atomic mass is 9.90. The largest absolute Gasteiger partial charge is 0.367 e. The molecule has 3 rings (SSSR count). The van der Waals surface area contributed by atoms with Gasteiger partial charge in [-0.25, -0.2) is 9.97 Å². The number of anilines is 1. The van der Waals surface area contributed by atoms with Crippen molar-refractivity contribution >= 4 is 22.8 Å². The van der Waals surface area contributed by atoms with Gasteiger partial charge in [-0.3, -0.25) is 0 Å². The molecule has 1 heterocycles. The summed E-state index contributed by atoms with van der Waals surface area (Å²) >= 11 is 0. The molecule has 1 fully saturated rings. The van der Waals surface area contributed by atoms with Crippen LogP contribution < -0.4 is 5.32 Å². The minimum Gasteiger partial charge on any atom is -0.367 e. The van der Waals surface area contributed by atoms with E-state index in [9.17, 15) is 0 Å². The molecule has 0 saturated heterocycles. The smallest absolute Gasteiger partial charge is 0.137 e. The average molecular weight is 296 g/mol. The third-order valence-electron chi connectivity index (χ3n) is 4.66. The number of hydrogen-bond acceptors (Lipinski definition) is 4. The Bertz CT molecular complexity index is 657. The van der Waals surface area contributed by atoms with E-state index in [2.05, 4.69) is 46.9 Å². The summed E-state index contributed by atoms with van der Waals surface area (Å²) in [7, 11) is 4.35. The summed E-state index contributed by atoms with van der Waals surface area (Å²) in [5.41, 5.74) is 2.08. The number of nitrogens with one attached hydrogen (secondary N) is 1. The summed E-state index contributed by atoms with van der Waals surface area (Å²) in [4.78, 5) is 11.2. The van der Waals surface area contributed by atoms with Crippen molar-refractivity contribution in [3.8, 4) is 0 Å². The molecule has 0 spiro atoms. The number of fused-ring (bicyclic) bond motifs is 1. The van der Waals surface area contributed by atoms with E-state index >= 15 is 0 Å². The molecule has 1 aromatic heterocycles. The first-order chi connectivity index (χ1) is 10.7. The molecule has 22 heavy (non-hydrogen) atoms. The zero-order valence-corrected chi connectivity index (χ0v) is 13.4. The summed E-state index contributed by atoms with van der Waals surface area (Å²) in [6, 6.07) is 7.39. The van der Waals surface area contributed by atoms with Crippen LogP contribution >= 0.6 is 0 Å². The SMILES string of the molecule is C=Cc1ccc2ncnc(N[C@H]3CC[C@H](N(C)C)CC3)c2c1. The predicted octanol–water partition coefficient (Wildman–Crippen LogP) is 3.56. The molecule has 0 radical (unpaired) electrons. The van der Waals surface area contributed by atoms with E-state index in [1.807, 2.05) is 18.2 Å². The van der Waals surface area contributed by atoms with Crippen molar-refractivity contribution in [1.29, 1.82) is 0 Å². The van der Waals surface area contributed by atoms with E-state index in [0.29, 0.717) is 12.1 Å². The first-order valence-electron chi connectivity index (χ1n) is 7.97. The van der Waals surface area contributed by atoms with Gasteiger partial charge in [0.1, 0.15) is 12.1 Å². The van der Waals surface area contributed by atoms with Crippen LogP contribution in [0.15, 0.2) is 31.1 Å². The molecule has 2 aromatic rings. The molecule has 4 heteroatoms. The van der Waals surface area contributed by atoms with Gasteiger partial charge >= 0.3 is 0 Å². The lowest BCUT2D eigenvalue weighted by molar-refractivity contribution is 0.221. The van der Waals surface area contributed by atoms with Crippen molar-refractivity contribution in [2.45, 2.75) is 37.8 Å². The van der Waals surface area contributed by atoms with Crippen LogP contribution in [0.1, 0.15) is 31.2 Å². The van der Waals surface area contributed by atoms with E-state index < -0.39 is 0 Å². The topological polar surface area (TPSA) is 41.1 Å². The molecule has 0 amide bonds. The molecule has 1 saturated carbocycles. The molecular weight excluding hydrogens is 272 g/mol. The molecule has 1 aliphatic rings. The van der Waals surface area contributed by atoms with E-state index in [0.717, 1.165) is 22.3 Å². The fourth-order valence-electron chi connectivity index (χ4n) is 3.25. The van der Waals surface area contributed by atoms with Crippen molar-refractivity contribution in [3.05, 3.63) is 36.7 Å². The van der Waals surface area contributed by atoms with Crippen molar-refractivity contribution < 1.29 is 0 Å². The third-order valence-corrected chi connectivity index (χ3v) is 4.66. The van der Waals surface area contributed by atoms with Gasteiger partial charge in [-0.1, -0.05) is 18.7 Å². The Kier molecular flexibility index (Phi) is 4.39. The van der Waals surface area contributed by atoms with Crippen molar-refractivity contribution in [2.24, 2.45) is 0 Å². The Morgan fingerprint density at radius 3 is 2.64 bits per heavy atom. The van der Waals surface area contributed by atoms with Crippen LogP contribution in [-0.2, 0) is 0 Å². The molecule has 0 unspecified atom stereocenters. The van der Waals surface area contributed by atoms with Gasteiger partial charge in [0.25, 0.3) is 0 Å². The van der Waals surface area contributed by atoms with Crippen LogP contribution in [0.5, 0.6) is 0 Å². The second-order valence-electron chi connectivity index (χ2n) is 6.32. The second-order valence-corrected chi connectivity index (χ2v) is 6.32. The van der Waals surface area contributed by atoms with Crippen LogP contribution in [0.25, 0.3) is 17.0 Å². The van der Waals surface area contributed by atoms with Crippen LogP contribution in [0.2, 0.25) is 0 Å². The van der Waals surface area contributed by atoms with Gasteiger partial charge in [0.05, 0.1) is 5.52 Å². The van der Waals surface area contributed by atoms with Crippen LogP contribution in [0, 0.1) is 0 Å². The molecule has 1 aromatic carbocycles. The van der Waals surface area contributed by atoms with Crippen LogP contribution in [0.4, 0.5) is 5.82 Å². The van der Waals surface area contributed by atoms with E-state index in [4.69, 9.17) is 0 Å². The molecule has 4 nitrogen and oxygen atoms in total. The summed E-state index contributed by atoms with van der Waals surface area (Å²) < 4.78 is 0. The fraction of sp³-hybridized carbons (Fsp3) is 0.444. The Hall–Kier alpha value is -1.94. The first kappa shape index (κ1) is 15.0. The van der Waals surface area contributed by atoms with E-state index in [-0.39, 0.29) is 0 Å². The third kappa shape index (κ3) is 3.12. The summed E-state index contributed by atoms with van der Waals surface area (Å²) in [6.07, 6.45) is 8.37. The normalized spacial score (nSPS) is 22.0. The minimum absolute atomic E-state index is 0.502. The molecule has 1 aliphatic carbocycles. The number of benzene rings is 1. The van der Waals surface area contributed by atoms with Gasteiger partial charge in [0.2, 0.25) is 0 Å². The monoisotopic (exact) mass is 296 g/mol. The van der Waals surface area contributed by atoms with Crippen molar-refractivity contribution in [2.75, 3.05) is 19.4 Å². The van der Waals surface area contributed by atoms with Gasteiger partial charge in [-0.2, -0.15) is 0 Å². The Morgan fingerprint density at radius 1 is 1.18 bits per heavy atom. The maximum atomic E-state index is 4.46. The fourth-order valence-corrected chi connectivity index (χ4v) is 3.25. The summed E-state index contributed by atoms with van der Waals surface area (Å²) in [6.45, 7) is 3.84. The molecule has 0 bridgehead atoms. The highest BCUT2D eigenvalue weighted by atomic mass is 15.1. The molecule has 1 N–H and O–H groups in total. The minimum atomic E-state index is 0.502. The zero-order valence-electron chi connectivity index (χ0n) is 13.4. The highest BCUT2D eigenvalue weighted by molar-refractivity contribution is 5.90. The van der Waals surface area contributed by atoms with Gasteiger partial charge in [-0.15, -0.1) is 0 Å². The highest BCUT2D eigenvalue weighted by Crippen LogP contribution is 2.27. The Labute approximate surface area is 132 Å². The Morgan fingerprint density at radius 2 is 1.95 bits per heavy atom. The predicted molar refractivity (Wildman–Crippen MR) is 93.0 cm³/mol. The van der Waals surface area contributed by atoms with Gasteiger partial charge in [0.15, 0.2) is 0 Å². The first-order valence-corrected chi connectivity index (χ1v) is 7.97. The second kappa shape index (κ2) is 6.44. The standard InChI is InChI=1S/C18H24N4/c1-4-13-5-10-17-16(11-13)18(20-12-19-17)21-14-6-8-15(9-7-14)22(2)3/h4-5,10-12,14-15H,1,6-9H2,2-3H3,(H,19,20,21)/t14-,15-. The van der Waals surface area contributed by atoms with E-state index in [1.165, 1.54) is 25.7 Å². The molecular formula is C18H24N4. The lowest BCUT2D eigenvalue weighted by Crippen LogP contribution is -2.36. The summed E-state index contributed by atoms with van der Waals surface area (Å²) in [5.74, 6) is 0.946. The maximum absolute atomic E-state index is 4.46. The number of nitrogens with zero attached hydrogens (tertiary/aromatic N) is 3. The molecule has 0 aliphatic heterocycles. The Balaban J connectivity index is 1.78. The highest BCUT2D eigenvalue weighted by Gasteiger charge is 2.22. The van der Waals surface area contributed by atoms with Gasteiger partial charge in [0, 0.05) is 17.5 Å². The van der Waals surface area contributed by atoms with Gasteiger partial charge in [-0.05, 0) is 57.5 Å². The van der Waals surface area contributed by atoms with Crippen LogP contribution in [0.3, 0.4) is 0 Å². The number of hydrogen-bond donors (Lipinski definition) is 1. The molecule has 0 atom stereocenters.